The Kier molecular flexibility index (Phi) is 6.82. The lowest BCUT2D eigenvalue weighted by atomic mass is 9.69. The van der Waals surface area contributed by atoms with Gasteiger partial charge >= 0.3 is 0 Å². The Hall–Kier alpha value is -0.0800. The summed E-state index contributed by atoms with van der Waals surface area (Å²) in [7, 11) is 1.88. The number of ether oxygens (including phenoxy) is 1. The van der Waals surface area contributed by atoms with Gasteiger partial charge in [-0.2, -0.15) is 0 Å². The van der Waals surface area contributed by atoms with E-state index in [1.807, 2.05) is 7.11 Å². The van der Waals surface area contributed by atoms with Crippen LogP contribution in [0.4, 0.5) is 0 Å². The van der Waals surface area contributed by atoms with Crippen LogP contribution in [-0.2, 0) is 4.74 Å². The van der Waals surface area contributed by atoms with E-state index in [0.717, 1.165) is 18.4 Å². The van der Waals surface area contributed by atoms with Crippen LogP contribution in [0, 0.1) is 17.3 Å². The summed E-state index contributed by atoms with van der Waals surface area (Å²) < 4.78 is 5.91. The highest BCUT2D eigenvalue weighted by Crippen LogP contribution is 2.39. The molecule has 114 valence electrons. The molecule has 0 heterocycles. The molecule has 2 nitrogen and oxygen atoms in total. The predicted octanol–water partition coefficient (Wildman–Crippen LogP) is 4.24. The summed E-state index contributed by atoms with van der Waals surface area (Å²) in [5.41, 5.74) is 0.192. The van der Waals surface area contributed by atoms with Crippen molar-refractivity contribution in [3.8, 4) is 0 Å². The van der Waals surface area contributed by atoms with Crippen LogP contribution in [0.3, 0.4) is 0 Å². The molecule has 0 spiro atoms. The van der Waals surface area contributed by atoms with Crippen LogP contribution in [0.1, 0.15) is 66.7 Å². The molecule has 0 bridgehead atoms. The second-order valence-electron chi connectivity index (χ2n) is 7.22. The third-order valence-corrected chi connectivity index (χ3v) is 4.83. The second-order valence-corrected chi connectivity index (χ2v) is 7.22. The minimum Gasteiger partial charge on any atom is -0.379 e. The summed E-state index contributed by atoms with van der Waals surface area (Å²) in [5.74, 6) is 1.65. The molecule has 0 amide bonds. The summed E-state index contributed by atoms with van der Waals surface area (Å²) in [6.07, 6.45) is 7.19. The van der Waals surface area contributed by atoms with Gasteiger partial charge in [0.2, 0.25) is 0 Å². The van der Waals surface area contributed by atoms with Gasteiger partial charge in [-0.1, -0.05) is 60.3 Å². The van der Waals surface area contributed by atoms with Gasteiger partial charge in [0.15, 0.2) is 0 Å². The Balaban J connectivity index is 2.90. The van der Waals surface area contributed by atoms with E-state index >= 15 is 0 Å². The van der Waals surface area contributed by atoms with E-state index in [9.17, 15) is 0 Å². The molecule has 0 aromatic heterocycles. The Bertz CT molecular complexity index is 246. The van der Waals surface area contributed by atoms with Gasteiger partial charge in [0.1, 0.15) is 0 Å². The largest absolute Gasteiger partial charge is 0.379 e. The Morgan fingerprint density at radius 2 is 1.79 bits per heavy atom. The average molecular weight is 269 g/mol. The first kappa shape index (κ1) is 17.0. The van der Waals surface area contributed by atoms with Gasteiger partial charge in [-0.15, -0.1) is 0 Å². The van der Waals surface area contributed by atoms with Gasteiger partial charge in [0, 0.05) is 13.2 Å². The Morgan fingerprint density at radius 1 is 1.16 bits per heavy atom. The number of likely N-dealkylation sites (N-methyl/N-ethyl adjacent to an activating group) is 1. The van der Waals surface area contributed by atoms with E-state index in [4.69, 9.17) is 4.74 Å². The van der Waals surface area contributed by atoms with Gasteiger partial charge in [-0.3, -0.25) is 0 Å². The molecule has 1 fully saturated rings. The van der Waals surface area contributed by atoms with Crippen molar-refractivity contribution in [2.75, 3.05) is 13.7 Å². The molecule has 0 aromatic rings. The monoisotopic (exact) mass is 269 g/mol. The first-order valence-electron chi connectivity index (χ1n) is 8.21. The summed E-state index contributed by atoms with van der Waals surface area (Å²) in [6, 6.07) is 0.500. The molecule has 1 aliphatic carbocycles. The predicted molar refractivity (Wildman–Crippen MR) is 83.5 cm³/mol. The van der Waals surface area contributed by atoms with Crippen molar-refractivity contribution >= 4 is 0 Å². The maximum absolute atomic E-state index is 5.91. The smallest absolute Gasteiger partial charge is 0.0775 e. The lowest BCUT2D eigenvalue weighted by molar-refractivity contribution is -0.0400. The van der Waals surface area contributed by atoms with Crippen LogP contribution < -0.4 is 5.32 Å². The zero-order valence-corrected chi connectivity index (χ0v) is 14.0. The van der Waals surface area contributed by atoms with Crippen LogP contribution in [-0.4, -0.2) is 25.8 Å². The molecule has 1 rings (SSSR count). The van der Waals surface area contributed by atoms with Crippen LogP contribution in [0.25, 0.3) is 0 Å². The van der Waals surface area contributed by atoms with Gasteiger partial charge in [0.25, 0.3) is 0 Å². The molecule has 4 unspecified atom stereocenters. The first-order valence-corrected chi connectivity index (χ1v) is 8.21. The fourth-order valence-corrected chi connectivity index (χ4v) is 3.97. The number of hydrogen-bond acceptors (Lipinski definition) is 2. The van der Waals surface area contributed by atoms with E-state index in [2.05, 4.69) is 39.9 Å². The lowest BCUT2D eigenvalue weighted by Gasteiger charge is -2.44. The Labute approximate surface area is 120 Å². The number of nitrogens with one attached hydrogen (secondary N) is 1. The van der Waals surface area contributed by atoms with Crippen LogP contribution in [0.5, 0.6) is 0 Å². The fraction of sp³-hybridized carbons (Fsp3) is 1.00. The molecule has 0 aliphatic heterocycles. The van der Waals surface area contributed by atoms with E-state index < -0.39 is 0 Å². The standard InChI is InChI=1S/C17H35NO/c1-7-13-11-9-10-12-14(13)15(18-8-2)16(19-6)17(3,4)5/h13-16,18H,7-12H2,1-6H3. The van der Waals surface area contributed by atoms with E-state index in [1.165, 1.54) is 32.1 Å². The highest BCUT2D eigenvalue weighted by Gasteiger charge is 2.40. The Morgan fingerprint density at radius 3 is 2.26 bits per heavy atom. The van der Waals surface area contributed by atoms with Crippen molar-refractivity contribution in [3.63, 3.8) is 0 Å². The quantitative estimate of drug-likeness (QED) is 0.778. The van der Waals surface area contributed by atoms with Crippen molar-refractivity contribution in [3.05, 3.63) is 0 Å². The van der Waals surface area contributed by atoms with Gasteiger partial charge in [-0.25, -0.2) is 0 Å². The van der Waals surface area contributed by atoms with E-state index in [1.54, 1.807) is 0 Å². The molecule has 19 heavy (non-hydrogen) atoms. The molecular weight excluding hydrogens is 234 g/mol. The molecule has 0 aromatic carbocycles. The number of methoxy groups -OCH3 is 1. The van der Waals surface area contributed by atoms with Crippen LogP contribution in [0.2, 0.25) is 0 Å². The zero-order valence-electron chi connectivity index (χ0n) is 14.0. The summed E-state index contributed by atoms with van der Waals surface area (Å²) in [6.45, 7) is 12.5. The molecular formula is C17H35NO. The molecule has 4 atom stereocenters. The van der Waals surface area contributed by atoms with Gasteiger partial charge in [-0.05, 0) is 30.2 Å². The highest BCUT2D eigenvalue weighted by molar-refractivity contribution is 4.94. The molecule has 1 N–H and O–H groups in total. The fourth-order valence-electron chi connectivity index (χ4n) is 3.97. The average Bonchev–Trinajstić information content (AvgIpc) is 2.37. The third kappa shape index (κ3) is 4.46. The van der Waals surface area contributed by atoms with Gasteiger partial charge < -0.3 is 10.1 Å². The third-order valence-electron chi connectivity index (χ3n) is 4.83. The number of rotatable bonds is 6. The maximum Gasteiger partial charge on any atom is 0.0775 e. The molecule has 1 aliphatic rings. The molecule has 2 heteroatoms. The molecule has 1 saturated carbocycles. The molecule has 0 saturated heterocycles. The highest BCUT2D eigenvalue weighted by atomic mass is 16.5. The van der Waals surface area contributed by atoms with E-state index in [0.29, 0.717) is 12.1 Å². The van der Waals surface area contributed by atoms with E-state index in [-0.39, 0.29) is 5.41 Å². The second kappa shape index (κ2) is 7.64. The minimum atomic E-state index is 0.192. The molecule has 0 radical (unpaired) electrons. The SMILES string of the molecule is CCNC(C1CCCCC1CC)C(OC)C(C)(C)C. The first-order chi connectivity index (χ1) is 8.95. The minimum absolute atomic E-state index is 0.192. The zero-order chi connectivity index (χ0) is 14.5. The lowest BCUT2D eigenvalue weighted by Crippen LogP contribution is -2.54. The van der Waals surface area contributed by atoms with Gasteiger partial charge in [0.05, 0.1) is 6.10 Å². The topological polar surface area (TPSA) is 21.3 Å². The summed E-state index contributed by atoms with van der Waals surface area (Å²) >= 11 is 0. The van der Waals surface area contributed by atoms with Crippen molar-refractivity contribution in [1.29, 1.82) is 0 Å². The summed E-state index contributed by atoms with van der Waals surface area (Å²) in [5, 5.41) is 3.75. The van der Waals surface area contributed by atoms with Crippen molar-refractivity contribution in [2.24, 2.45) is 17.3 Å². The summed E-state index contributed by atoms with van der Waals surface area (Å²) in [4.78, 5) is 0. The normalized spacial score (nSPS) is 28.1. The van der Waals surface area contributed by atoms with Crippen molar-refractivity contribution in [1.82, 2.24) is 5.32 Å². The van der Waals surface area contributed by atoms with Crippen molar-refractivity contribution in [2.45, 2.75) is 78.9 Å². The van der Waals surface area contributed by atoms with Crippen molar-refractivity contribution < 1.29 is 4.74 Å². The maximum atomic E-state index is 5.91. The van der Waals surface area contributed by atoms with Crippen LogP contribution in [0.15, 0.2) is 0 Å². The van der Waals surface area contributed by atoms with Crippen LogP contribution >= 0.6 is 0 Å². The number of hydrogen-bond donors (Lipinski definition) is 1.